The normalized spacial score (nSPS) is 10.4. The van der Waals surface area contributed by atoms with Crippen molar-refractivity contribution in [2.75, 3.05) is 13.2 Å². The van der Waals surface area contributed by atoms with E-state index in [-0.39, 0.29) is 5.97 Å². The molecule has 0 aliphatic heterocycles. The summed E-state index contributed by atoms with van der Waals surface area (Å²) in [5.74, 6) is -0.377. The van der Waals surface area contributed by atoms with E-state index >= 15 is 0 Å². The summed E-state index contributed by atoms with van der Waals surface area (Å²) in [5, 5.41) is 6.80. The number of carbonyl (C=O) groups is 1. The first-order valence-corrected chi connectivity index (χ1v) is 5.55. The third kappa shape index (κ3) is 2.82. The molecule has 0 atom stereocenters. The molecule has 1 heterocycles. The molecule has 1 N–H and O–H groups in total. The Morgan fingerprint density at radius 2 is 2.06 bits per heavy atom. The van der Waals surface area contributed by atoms with E-state index in [0.29, 0.717) is 25.5 Å². The summed E-state index contributed by atoms with van der Waals surface area (Å²) in [6.07, 6.45) is 0.729. The van der Waals surface area contributed by atoms with Gasteiger partial charge in [-0.3, -0.25) is 5.10 Å². The number of aromatic amines is 1. The molecule has 0 saturated carbocycles. The van der Waals surface area contributed by atoms with Gasteiger partial charge in [0.15, 0.2) is 5.69 Å². The minimum absolute atomic E-state index is 0.357. The van der Waals surface area contributed by atoms with Gasteiger partial charge in [-0.25, -0.2) is 4.79 Å². The SMILES string of the molecule is CCOCc1[nH]nc(C(=O)OCC)c1CC. The molecule has 0 aromatic carbocycles. The Balaban J connectivity index is 2.85. The second kappa shape index (κ2) is 6.27. The lowest BCUT2D eigenvalue weighted by Crippen LogP contribution is -2.08. The number of nitrogens with one attached hydrogen (secondary N) is 1. The highest BCUT2D eigenvalue weighted by Gasteiger charge is 2.18. The van der Waals surface area contributed by atoms with Crippen molar-refractivity contribution in [3.05, 3.63) is 17.0 Å². The van der Waals surface area contributed by atoms with Gasteiger partial charge in [0.1, 0.15) is 0 Å². The van der Waals surface area contributed by atoms with Crippen molar-refractivity contribution in [3.8, 4) is 0 Å². The van der Waals surface area contributed by atoms with Crippen molar-refractivity contribution in [2.24, 2.45) is 0 Å². The molecule has 0 fully saturated rings. The van der Waals surface area contributed by atoms with E-state index in [4.69, 9.17) is 9.47 Å². The van der Waals surface area contributed by atoms with Crippen molar-refractivity contribution >= 4 is 5.97 Å². The monoisotopic (exact) mass is 226 g/mol. The van der Waals surface area contributed by atoms with Gasteiger partial charge in [-0.1, -0.05) is 6.92 Å². The van der Waals surface area contributed by atoms with Gasteiger partial charge < -0.3 is 9.47 Å². The molecule has 16 heavy (non-hydrogen) atoms. The topological polar surface area (TPSA) is 64.2 Å². The van der Waals surface area contributed by atoms with Gasteiger partial charge in [0.05, 0.1) is 18.9 Å². The maximum atomic E-state index is 11.6. The molecule has 0 saturated heterocycles. The van der Waals surface area contributed by atoms with Crippen LogP contribution in [0.5, 0.6) is 0 Å². The third-order valence-corrected chi connectivity index (χ3v) is 2.23. The number of nitrogens with zero attached hydrogens (tertiary/aromatic N) is 1. The number of carbonyl (C=O) groups excluding carboxylic acids is 1. The van der Waals surface area contributed by atoms with Gasteiger partial charge >= 0.3 is 5.97 Å². The molecule has 1 aromatic rings. The predicted molar refractivity (Wildman–Crippen MR) is 59.3 cm³/mol. The molecule has 90 valence electrons. The Morgan fingerprint density at radius 3 is 2.62 bits per heavy atom. The molecule has 0 amide bonds. The van der Waals surface area contributed by atoms with Crippen molar-refractivity contribution in [3.63, 3.8) is 0 Å². The van der Waals surface area contributed by atoms with Crippen molar-refractivity contribution in [1.82, 2.24) is 10.2 Å². The van der Waals surface area contributed by atoms with Gasteiger partial charge in [0.2, 0.25) is 0 Å². The fourth-order valence-corrected chi connectivity index (χ4v) is 1.47. The van der Waals surface area contributed by atoms with Gasteiger partial charge in [-0.2, -0.15) is 5.10 Å². The van der Waals surface area contributed by atoms with E-state index in [9.17, 15) is 4.79 Å². The largest absolute Gasteiger partial charge is 0.461 e. The van der Waals surface area contributed by atoms with Crippen molar-refractivity contribution in [1.29, 1.82) is 0 Å². The quantitative estimate of drug-likeness (QED) is 0.750. The van der Waals surface area contributed by atoms with E-state index in [1.807, 2.05) is 13.8 Å². The highest BCUT2D eigenvalue weighted by molar-refractivity contribution is 5.89. The van der Waals surface area contributed by atoms with E-state index in [0.717, 1.165) is 17.7 Å². The number of hydrogen-bond donors (Lipinski definition) is 1. The first-order valence-electron chi connectivity index (χ1n) is 5.55. The van der Waals surface area contributed by atoms with E-state index < -0.39 is 0 Å². The smallest absolute Gasteiger partial charge is 0.359 e. The zero-order valence-electron chi connectivity index (χ0n) is 10.0. The van der Waals surface area contributed by atoms with Crippen LogP contribution >= 0.6 is 0 Å². The maximum absolute atomic E-state index is 11.6. The molecule has 5 nitrogen and oxygen atoms in total. The maximum Gasteiger partial charge on any atom is 0.359 e. The van der Waals surface area contributed by atoms with Crippen LogP contribution in [-0.4, -0.2) is 29.4 Å². The minimum Gasteiger partial charge on any atom is -0.461 e. The number of ether oxygens (including phenoxy) is 2. The number of hydrogen-bond acceptors (Lipinski definition) is 4. The zero-order valence-corrected chi connectivity index (χ0v) is 10.0. The number of rotatable bonds is 6. The average Bonchev–Trinajstić information content (AvgIpc) is 2.69. The van der Waals surface area contributed by atoms with Crippen LogP contribution in [0.25, 0.3) is 0 Å². The van der Waals surface area contributed by atoms with Crippen LogP contribution in [0.15, 0.2) is 0 Å². The van der Waals surface area contributed by atoms with Crippen LogP contribution in [0.3, 0.4) is 0 Å². The minimum atomic E-state index is -0.377. The standard InChI is InChI=1S/C11H18N2O3/c1-4-8-9(7-15-5-2)12-13-10(8)11(14)16-6-3/h4-7H2,1-3H3,(H,12,13). The molecule has 0 bridgehead atoms. The summed E-state index contributed by atoms with van der Waals surface area (Å²) >= 11 is 0. The molecule has 0 aliphatic carbocycles. The molecule has 0 radical (unpaired) electrons. The Labute approximate surface area is 95.1 Å². The molecule has 5 heteroatoms. The van der Waals surface area contributed by atoms with Crippen LogP contribution in [0.4, 0.5) is 0 Å². The molecule has 1 rings (SSSR count). The summed E-state index contributed by atoms with van der Waals surface area (Å²) in [7, 11) is 0. The lowest BCUT2D eigenvalue weighted by atomic mass is 10.1. The van der Waals surface area contributed by atoms with Crippen molar-refractivity contribution in [2.45, 2.75) is 33.8 Å². The molecule has 0 spiro atoms. The number of H-pyrrole nitrogens is 1. The van der Waals surface area contributed by atoms with Crippen molar-refractivity contribution < 1.29 is 14.3 Å². The van der Waals surface area contributed by atoms with E-state index in [1.165, 1.54) is 0 Å². The first-order chi connectivity index (χ1) is 7.74. The van der Waals surface area contributed by atoms with Crippen LogP contribution in [0.1, 0.15) is 42.5 Å². The average molecular weight is 226 g/mol. The fourth-order valence-electron chi connectivity index (χ4n) is 1.47. The third-order valence-electron chi connectivity index (χ3n) is 2.23. The molecule has 0 aliphatic rings. The lowest BCUT2D eigenvalue weighted by molar-refractivity contribution is 0.0518. The van der Waals surface area contributed by atoms with Crippen LogP contribution in [-0.2, 0) is 22.5 Å². The fraction of sp³-hybridized carbons (Fsp3) is 0.636. The summed E-state index contributed by atoms with van der Waals surface area (Å²) < 4.78 is 10.2. The van der Waals surface area contributed by atoms with E-state index in [2.05, 4.69) is 10.2 Å². The van der Waals surface area contributed by atoms with Gasteiger partial charge in [-0.15, -0.1) is 0 Å². The molecular weight excluding hydrogens is 208 g/mol. The van der Waals surface area contributed by atoms with Crippen LogP contribution in [0.2, 0.25) is 0 Å². The second-order valence-electron chi connectivity index (χ2n) is 3.24. The Kier molecular flexibility index (Phi) is 4.98. The van der Waals surface area contributed by atoms with Crippen LogP contribution in [0, 0.1) is 0 Å². The van der Waals surface area contributed by atoms with Gasteiger partial charge in [-0.05, 0) is 20.3 Å². The highest BCUT2D eigenvalue weighted by Crippen LogP contribution is 2.14. The molecular formula is C11H18N2O3. The summed E-state index contributed by atoms with van der Waals surface area (Å²) in [5.41, 5.74) is 2.11. The highest BCUT2D eigenvalue weighted by atomic mass is 16.5. The van der Waals surface area contributed by atoms with Crippen LogP contribution < -0.4 is 0 Å². The van der Waals surface area contributed by atoms with Gasteiger partial charge in [0, 0.05) is 12.2 Å². The Morgan fingerprint density at radius 1 is 1.31 bits per heavy atom. The second-order valence-corrected chi connectivity index (χ2v) is 3.24. The first kappa shape index (κ1) is 12.7. The number of aromatic nitrogens is 2. The number of esters is 1. The zero-order chi connectivity index (χ0) is 12.0. The predicted octanol–water partition coefficient (Wildman–Crippen LogP) is 1.69. The summed E-state index contributed by atoms with van der Waals surface area (Å²) in [6, 6.07) is 0. The van der Waals surface area contributed by atoms with Gasteiger partial charge in [0.25, 0.3) is 0 Å². The summed E-state index contributed by atoms with van der Waals surface area (Å²) in [6.45, 7) is 7.12. The summed E-state index contributed by atoms with van der Waals surface area (Å²) in [4.78, 5) is 11.6. The Bertz CT molecular complexity index is 347. The molecule has 1 aromatic heterocycles. The lowest BCUT2D eigenvalue weighted by Gasteiger charge is -2.03. The Hall–Kier alpha value is -1.36. The van der Waals surface area contributed by atoms with E-state index in [1.54, 1.807) is 6.92 Å². The molecule has 0 unspecified atom stereocenters.